The Morgan fingerprint density at radius 3 is 3.00 bits per heavy atom. The first-order chi connectivity index (χ1) is 11.1. The molecule has 4 rings (SSSR count). The first-order valence-electron chi connectivity index (χ1n) is 8.31. The van der Waals surface area contributed by atoms with Crippen LogP contribution in [0.5, 0.6) is 5.75 Å². The number of carbonyl (C=O) groups excluding carboxylic acids is 2. The Morgan fingerprint density at radius 2 is 2.26 bits per heavy atom. The molecule has 1 aromatic rings. The van der Waals surface area contributed by atoms with Crippen molar-refractivity contribution in [1.29, 1.82) is 0 Å². The van der Waals surface area contributed by atoms with Crippen molar-refractivity contribution in [3.8, 4) is 5.75 Å². The maximum absolute atomic E-state index is 13.0. The van der Waals surface area contributed by atoms with Gasteiger partial charge in [-0.2, -0.15) is 0 Å². The lowest BCUT2D eigenvalue weighted by molar-refractivity contribution is -0.126. The van der Waals surface area contributed by atoms with Gasteiger partial charge in [-0.15, -0.1) is 0 Å². The second-order valence-corrected chi connectivity index (χ2v) is 7.05. The van der Waals surface area contributed by atoms with Crippen molar-refractivity contribution >= 4 is 17.5 Å². The first kappa shape index (κ1) is 14.5. The van der Waals surface area contributed by atoms with Crippen molar-refractivity contribution in [2.45, 2.75) is 31.6 Å². The van der Waals surface area contributed by atoms with E-state index in [0.29, 0.717) is 18.4 Å². The Morgan fingerprint density at radius 1 is 1.43 bits per heavy atom. The number of nitrogens with one attached hydrogen (secondary N) is 2. The van der Waals surface area contributed by atoms with E-state index in [1.165, 1.54) is 6.92 Å². The minimum Gasteiger partial charge on any atom is -0.497 e. The zero-order valence-corrected chi connectivity index (χ0v) is 13.5. The van der Waals surface area contributed by atoms with Crippen LogP contribution in [0, 0.1) is 17.8 Å². The van der Waals surface area contributed by atoms with Gasteiger partial charge in [-0.25, -0.2) is 0 Å². The fraction of sp³-hybridized carbons (Fsp3) is 0.556. The predicted molar refractivity (Wildman–Crippen MR) is 86.3 cm³/mol. The van der Waals surface area contributed by atoms with Gasteiger partial charge in [0.2, 0.25) is 11.8 Å². The summed E-state index contributed by atoms with van der Waals surface area (Å²) in [5.41, 5.74) is 1.45. The van der Waals surface area contributed by atoms with Crippen LogP contribution in [0.25, 0.3) is 0 Å². The summed E-state index contributed by atoms with van der Waals surface area (Å²) in [6.07, 6.45) is 3.32. The standard InChI is InChI=1S/C18H22N2O3/c1-10(21)19-9-15-11-3-4-12(7-11)18(15)14-8-13(23-2)5-6-16(14)20-17(18)22/h5-6,8,11-12,15H,3-4,7,9H2,1-2H3,(H,19,21)(H,20,22). The average molecular weight is 314 g/mol. The lowest BCUT2D eigenvalue weighted by atomic mass is 9.62. The number of hydrogen-bond donors (Lipinski definition) is 2. The molecule has 1 aromatic carbocycles. The van der Waals surface area contributed by atoms with Gasteiger partial charge < -0.3 is 15.4 Å². The van der Waals surface area contributed by atoms with Crippen molar-refractivity contribution in [3.05, 3.63) is 23.8 Å². The molecule has 2 N–H and O–H groups in total. The van der Waals surface area contributed by atoms with E-state index in [0.717, 1.165) is 36.3 Å². The molecular weight excluding hydrogens is 292 g/mol. The third-order valence-corrected chi connectivity index (χ3v) is 6.14. The molecule has 0 saturated heterocycles. The Balaban J connectivity index is 1.81. The smallest absolute Gasteiger partial charge is 0.235 e. The fourth-order valence-corrected chi connectivity index (χ4v) is 5.27. The molecule has 2 fully saturated rings. The van der Waals surface area contributed by atoms with E-state index >= 15 is 0 Å². The molecule has 2 saturated carbocycles. The summed E-state index contributed by atoms with van der Waals surface area (Å²) in [6, 6.07) is 5.82. The second kappa shape index (κ2) is 4.98. The topological polar surface area (TPSA) is 67.4 Å². The van der Waals surface area contributed by atoms with Gasteiger partial charge in [-0.1, -0.05) is 0 Å². The fourth-order valence-electron chi connectivity index (χ4n) is 5.27. The Labute approximate surface area is 135 Å². The monoisotopic (exact) mass is 314 g/mol. The van der Waals surface area contributed by atoms with E-state index in [-0.39, 0.29) is 17.7 Å². The van der Waals surface area contributed by atoms with E-state index in [2.05, 4.69) is 10.6 Å². The molecule has 1 spiro atoms. The van der Waals surface area contributed by atoms with Gasteiger partial charge in [0.05, 0.1) is 12.5 Å². The van der Waals surface area contributed by atoms with Gasteiger partial charge >= 0.3 is 0 Å². The maximum atomic E-state index is 13.0. The molecule has 0 radical (unpaired) electrons. The molecule has 23 heavy (non-hydrogen) atoms. The average Bonchev–Trinajstić information content (AvgIpc) is 3.19. The van der Waals surface area contributed by atoms with E-state index in [1.807, 2.05) is 18.2 Å². The summed E-state index contributed by atoms with van der Waals surface area (Å²) in [4.78, 5) is 24.4. The maximum Gasteiger partial charge on any atom is 0.235 e. The molecule has 4 atom stereocenters. The molecule has 1 aliphatic heterocycles. The summed E-state index contributed by atoms with van der Waals surface area (Å²) in [7, 11) is 1.65. The Hall–Kier alpha value is -2.04. The van der Waals surface area contributed by atoms with Crippen LogP contribution in [0.3, 0.4) is 0 Å². The summed E-state index contributed by atoms with van der Waals surface area (Å²) in [5.74, 6) is 1.88. The number of benzene rings is 1. The molecule has 4 unspecified atom stereocenters. The molecule has 5 nitrogen and oxygen atoms in total. The lowest BCUT2D eigenvalue weighted by Crippen LogP contribution is -2.50. The van der Waals surface area contributed by atoms with Crippen molar-refractivity contribution in [3.63, 3.8) is 0 Å². The number of hydrogen-bond acceptors (Lipinski definition) is 3. The molecule has 5 heteroatoms. The summed E-state index contributed by atoms with van der Waals surface area (Å²) < 4.78 is 5.38. The molecule has 0 aromatic heterocycles. The van der Waals surface area contributed by atoms with Crippen LogP contribution in [-0.2, 0) is 15.0 Å². The van der Waals surface area contributed by atoms with Crippen LogP contribution in [0.1, 0.15) is 31.7 Å². The van der Waals surface area contributed by atoms with Crippen LogP contribution < -0.4 is 15.4 Å². The number of methoxy groups -OCH3 is 1. The van der Waals surface area contributed by atoms with Crippen molar-refractivity contribution < 1.29 is 14.3 Å². The van der Waals surface area contributed by atoms with Gasteiger partial charge in [0.1, 0.15) is 5.75 Å². The highest BCUT2D eigenvalue weighted by molar-refractivity contribution is 6.07. The summed E-state index contributed by atoms with van der Waals surface area (Å²) >= 11 is 0. The number of fused-ring (bicyclic) bond motifs is 5. The predicted octanol–water partition coefficient (Wildman–Crippen LogP) is 2.07. The van der Waals surface area contributed by atoms with Gasteiger partial charge in [0, 0.05) is 19.2 Å². The molecule has 2 bridgehead atoms. The van der Waals surface area contributed by atoms with Crippen LogP contribution >= 0.6 is 0 Å². The second-order valence-electron chi connectivity index (χ2n) is 7.05. The number of amides is 2. The van der Waals surface area contributed by atoms with E-state index < -0.39 is 5.41 Å². The minimum absolute atomic E-state index is 0.0350. The van der Waals surface area contributed by atoms with Crippen molar-refractivity contribution in [2.75, 3.05) is 19.0 Å². The number of carbonyl (C=O) groups is 2. The summed E-state index contributed by atoms with van der Waals surface area (Å²) in [5, 5.41) is 6.03. The Kier molecular flexibility index (Phi) is 3.15. The van der Waals surface area contributed by atoms with Crippen molar-refractivity contribution in [2.24, 2.45) is 17.8 Å². The van der Waals surface area contributed by atoms with Crippen LogP contribution in [0.15, 0.2) is 18.2 Å². The molecule has 122 valence electrons. The van der Waals surface area contributed by atoms with Gasteiger partial charge in [0.15, 0.2) is 0 Å². The van der Waals surface area contributed by atoms with Crippen molar-refractivity contribution in [1.82, 2.24) is 5.32 Å². The first-order valence-corrected chi connectivity index (χ1v) is 8.31. The quantitative estimate of drug-likeness (QED) is 0.897. The van der Waals surface area contributed by atoms with E-state index in [4.69, 9.17) is 4.74 Å². The van der Waals surface area contributed by atoms with Gasteiger partial charge in [0.25, 0.3) is 0 Å². The molecule has 2 aliphatic carbocycles. The lowest BCUT2D eigenvalue weighted by Gasteiger charge is -2.39. The zero-order chi connectivity index (χ0) is 16.2. The van der Waals surface area contributed by atoms with Crippen LogP contribution in [0.2, 0.25) is 0 Å². The van der Waals surface area contributed by atoms with Crippen LogP contribution in [-0.4, -0.2) is 25.5 Å². The minimum atomic E-state index is -0.505. The van der Waals surface area contributed by atoms with E-state index in [1.54, 1.807) is 7.11 Å². The zero-order valence-electron chi connectivity index (χ0n) is 13.5. The normalized spacial score (nSPS) is 33.7. The van der Waals surface area contributed by atoms with E-state index in [9.17, 15) is 9.59 Å². The molecule has 2 amide bonds. The molecular formula is C18H22N2O3. The molecule has 3 aliphatic rings. The SMILES string of the molecule is COc1ccc2c(c1)C1(C(=O)N2)C2CCC(C2)C1CNC(C)=O. The van der Waals surface area contributed by atoms with Gasteiger partial charge in [-0.3, -0.25) is 9.59 Å². The number of ether oxygens (including phenoxy) is 1. The van der Waals surface area contributed by atoms with Crippen LogP contribution in [0.4, 0.5) is 5.69 Å². The highest BCUT2D eigenvalue weighted by Crippen LogP contribution is 2.63. The number of anilines is 1. The third-order valence-electron chi connectivity index (χ3n) is 6.14. The highest BCUT2D eigenvalue weighted by atomic mass is 16.5. The number of rotatable bonds is 3. The highest BCUT2D eigenvalue weighted by Gasteiger charge is 2.65. The summed E-state index contributed by atoms with van der Waals surface area (Å²) in [6.45, 7) is 2.10. The largest absolute Gasteiger partial charge is 0.497 e. The third kappa shape index (κ3) is 1.85. The Bertz CT molecular complexity index is 687. The van der Waals surface area contributed by atoms with Gasteiger partial charge in [-0.05, 0) is 60.8 Å². The molecule has 1 heterocycles.